The molecule has 1 saturated heterocycles. The summed E-state index contributed by atoms with van der Waals surface area (Å²) in [6.07, 6.45) is -0.00402. The van der Waals surface area contributed by atoms with Crippen LogP contribution >= 0.6 is 0 Å². The SMILES string of the molecule is CC1(C)OB(c2ccc(C3=NOC(CO)C3)c(F)c2)OC1(C)C. The molecular weight excluding hydrogens is 300 g/mol. The van der Waals surface area contributed by atoms with Crippen LogP contribution in [0.5, 0.6) is 0 Å². The van der Waals surface area contributed by atoms with Crippen molar-refractivity contribution in [3.63, 3.8) is 0 Å². The Hall–Kier alpha value is -1.44. The molecule has 1 aromatic rings. The van der Waals surface area contributed by atoms with Crippen molar-refractivity contribution in [1.82, 2.24) is 0 Å². The van der Waals surface area contributed by atoms with E-state index in [1.54, 1.807) is 12.1 Å². The molecule has 0 aromatic heterocycles. The standard InChI is InChI=1S/C16H21BFNO4/c1-15(2)16(3,4)23-17(22-15)10-5-6-12(13(18)7-10)14-8-11(9-20)21-19-14/h5-7,11,20H,8-9H2,1-4H3. The number of aliphatic hydroxyl groups excluding tert-OH is 1. The van der Waals surface area contributed by atoms with Crippen LogP contribution in [-0.4, -0.2) is 41.8 Å². The summed E-state index contributed by atoms with van der Waals surface area (Å²) < 4.78 is 26.3. The van der Waals surface area contributed by atoms with Gasteiger partial charge in [0.05, 0.1) is 23.5 Å². The highest BCUT2D eigenvalue weighted by Gasteiger charge is 2.51. The average molecular weight is 321 g/mol. The first-order valence-corrected chi connectivity index (χ1v) is 7.72. The summed E-state index contributed by atoms with van der Waals surface area (Å²) in [6.45, 7) is 7.68. The van der Waals surface area contributed by atoms with Gasteiger partial charge in [-0.25, -0.2) is 4.39 Å². The van der Waals surface area contributed by atoms with Crippen molar-refractivity contribution in [3.05, 3.63) is 29.6 Å². The fourth-order valence-corrected chi connectivity index (χ4v) is 2.58. The quantitative estimate of drug-likeness (QED) is 0.860. The number of nitrogens with zero attached hydrogens (tertiary/aromatic N) is 1. The van der Waals surface area contributed by atoms with Crippen molar-refractivity contribution in [2.45, 2.75) is 51.4 Å². The van der Waals surface area contributed by atoms with Crippen LogP contribution in [0.25, 0.3) is 0 Å². The van der Waals surface area contributed by atoms with Gasteiger partial charge in [0.15, 0.2) is 6.10 Å². The van der Waals surface area contributed by atoms with Gasteiger partial charge in [0.2, 0.25) is 0 Å². The molecule has 1 fully saturated rings. The molecule has 2 aliphatic heterocycles. The normalized spacial score (nSPS) is 25.4. The van der Waals surface area contributed by atoms with Gasteiger partial charge in [0, 0.05) is 12.0 Å². The monoisotopic (exact) mass is 321 g/mol. The predicted octanol–water partition coefficient (Wildman–Crippen LogP) is 1.61. The van der Waals surface area contributed by atoms with E-state index in [0.29, 0.717) is 23.2 Å². The second kappa shape index (κ2) is 5.58. The van der Waals surface area contributed by atoms with Gasteiger partial charge >= 0.3 is 7.12 Å². The highest BCUT2D eigenvalue weighted by Crippen LogP contribution is 2.36. The molecule has 23 heavy (non-hydrogen) atoms. The van der Waals surface area contributed by atoms with Gasteiger partial charge in [0.1, 0.15) is 5.82 Å². The van der Waals surface area contributed by atoms with Crippen molar-refractivity contribution >= 4 is 18.3 Å². The van der Waals surface area contributed by atoms with Gasteiger partial charge in [-0.2, -0.15) is 0 Å². The van der Waals surface area contributed by atoms with Gasteiger partial charge in [-0.15, -0.1) is 0 Å². The molecule has 7 heteroatoms. The van der Waals surface area contributed by atoms with Crippen LogP contribution in [0.1, 0.15) is 39.7 Å². The van der Waals surface area contributed by atoms with E-state index < -0.39 is 30.2 Å². The molecule has 0 amide bonds. The minimum Gasteiger partial charge on any atom is -0.399 e. The van der Waals surface area contributed by atoms with Crippen molar-refractivity contribution < 1.29 is 23.6 Å². The first kappa shape index (κ1) is 16.4. The Morgan fingerprint density at radius 1 is 1.26 bits per heavy atom. The topological polar surface area (TPSA) is 60.3 Å². The van der Waals surface area contributed by atoms with Gasteiger partial charge in [0.25, 0.3) is 0 Å². The lowest BCUT2D eigenvalue weighted by molar-refractivity contribution is 0.00578. The van der Waals surface area contributed by atoms with Crippen LogP contribution in [0.15, 0.2) is 23.4 Å². The Labute approximate surface area is 135 Å². The summed E-state index contributed by atoms with van der Waals surface area (Å²) >= 11 is 0. The number of oxime groups is 1. The van der Waals surface area contributed by atoms with E-state index in [0.717, 1.165) is 0 Å². The molecule has 0 saturated carbocycles. The number of benzene rings is 1. The minimum atomic E-state index is -0.601. The summed E-state index contributed by atoms with van der Waals surface area (Å²) in [5.74, 6) is -0.404. The van der Waals surface area contributed by atoms with E-state index in [-0.39, 0.29) is 6.61 Å². The maximum absolute atomic E-state index is 14.5. The third-order valence-electron chi connectivity index (χ3n) is 4.77. The highest BCUT2D eigenvalue weighted by molar-refractivity contribution is 6.62. The maximum Gasteiger partial charge on any atom is 0.494 e. The Balaban J connectivity index is 1.81. The first-order chi connectivity index (χ1) is 10.7. The van der Waals surface area contributed by atoms with Crippen molar-refractivity contribution in [3.8, 4) is 0 Å². The largest absolute Gasteiger partial charge is 0.494 e. The van der Waals surface area contributed by atoms with E-state index in [2.05, 4.69) is 5.16 Å². The summed E-state index contributed by atoms with van der Waals surface area (Å²) in [7, 11) is -0.601. The molecule has 3 rings (SSSR count). The number of hydrogen-bond donors (Lipinski definition) is 1. The molecule has 0 bridgehead atoms. The summed E-state index contributed by atoms with van der Waals surface area (Å²) in [5, 5.41) is 12.9. The smallest absolute Gasteiger partial charge is 0.399 e. The van der Waals surface area contributed by atoms with Crippen LogP contribution in [0.2, 0.25) is 0 Å². The lowest BCUT2D eigenvalue weighted by Gasteiger charge is -2.32. The zero-order valence-electron chi connectivity index (χ0n) is 13.8. The predicted molar refractivity (Wildman–Crippen MR) is 85.2 cm³/mol. The molecule has 1 aromatic carbocycles. The molecule has 0 aliphatic carbocycles. The Bertz CT molecular complexity index is 631. The van der Waals surface area contributed by atoms with Gasteiger partial charge < -0.3 is 19.3 Å². The third-order valence-corrected chi connectivity index (χ3v) is 4.77. The Morgan fingerprint density at radius 2 is 1.91 bits per heavy atom. The molecule has 2 heterocycles. The second-order valence-corrected chi connectivity index (χ2v) is 6.98. The lowest BCUT2D eigenvalue weighted by Crippen LogP contribution is -2.41. The third kappa shape index (κ3) is 2.89. The molecule has 0 radical (unpaired) electrons. The molecule has 5 nitrogen and oxygen atoms in total. The van der Waals surface area contributed by atoms with Crippen molar-refractivity contribution in [2.75, 3.05) is 6.61 Å². The second-order valence-electron chi connectivity index (χ2n) is 6.98. The van der Waals surface area contributed by atoms with Crippen molar-refractivity contribution in [2.24, 2.45) is 5.16 Å². The molecule has 124 valence electrons. The van der Waals surface area contributed by atoms with Crippen LogP contribution < -0.4 is 5.46 Å². The van der Waals surface area contributed by atoms with Gasteiger partial charge in [-0.05, 0) is 39.2 Å². The minimum absolute atomic E-state index is 0.138. The highest BCUT2D eigenvalue weighted by atomic mass is 19.1. The lowest BCUT2D eigenvalue weighted by atomic mass is 9.78. The van der Waals surface area contributed by atoms with E-state index in [1.165, 1.54) is 6.07 Å². The van der Waals surface area contributed by atoms with E-state index in [1.807, 2.05) is 27.7 Å². The number of halogens is 1. The number of rotatable bonds is 3. The fourth-order valence-electron chi connectivity index (χ4n) is 2.58. The Kier molecular flexibility index (Phi) is 3.98. The zero-order chi connectivity index (χ0) is 16.8. The zero-order valence-corrected chi connectivity index (χ0v) is 13.8. The number of aliphatic hydroxyl groups is 1. The molecule has 0 spiro atoms. The molecule has 2 aliphatic rings. The van der Waals surface area contributed by atoms with Crippen LogP contribution in [0.3, 0.4) is 0 Å². The van der Waals surface area contributed by atoms with E-state index in [9.17, 15) is 4.39 Å². The van der Waals surface area contributed by atoms with E-state index >= 15 is 0 Å². The average Bonchev–Trinajstić information content (AvgIpc) is 3.01. The molecule has 1 N–H and O–H groups in total. The van der Waals surface area contributed by atoms with Crippen LogP contribution in [0.4, 0.5) is 4.39 Å². The summed E-state index contributed by atoms with van der Waals surface area (Å²) in [6, 6.07) is 4.83. The van der Waals surface area contributed by atoms with Crippen LogP contribution in [-0.2, 0) is 14.1 Å². The van der Waals surface area contributed by atoms with E-state index in [4.69, 9.17) is 19.3 Å². The van der Waals surface area contributed by atoms with Crippen molar-refractivity contribution in [1.29, 1.82) is 0 Å². The molecule has 1 unspecified atom stereocenters. The Morgan fingerprint density at radius 3 is 2.43 bits per heavy atom. The number of hydrogen-bond acceptors (Lipinski definition) is 5. The maximum atomic E-state index is 14.5. The molecule has 1 atom stereocenters. The fraction of sp³-hybridized carbons (Fsp3) is 0.562. The summed E-state index contributed by atoms with van der Waals surface area (Å²) in [4.78, 5) is 5.03. The van der Waals surface area contributed by atoms with Crippen LogP contribution in [0, 0.1) is 5.82 Å². The van der Waals surface area contributed by atoms with Gasteiger partial charge in [-0.1, -0.05) is 17.3 Å². The van der Waals surface area contributed by atoms with Gasteiger partial charge in [-0.3, -0.25) is 0 Å². The first-order valence-electron chi connectivity index (χ1n) is 7.72. The molecular formula is C16H21BFNO4. The summed E-state index contributed by atoms with van der Waals surface area (Å²) in [5.41, 5.74) is 0.570.